The summed E-state index contributed by atoms with van der Waals surface area (Å²) < 4.78 is 4.64. The summed E-state index contributed by atoms with van der Waals surface area (Å²) in [4.78, 5) is 23.3. The quantitative estimate of drug-likeness (QED) is 0.743. The lowest BCUT2D eigenvalue weighted by Crippen LogP contribution is -2.44. The highest BCUT2D eigenvalue weighted by Gasteiger charge is 2.15. The second-order valence-electron chi connectivity index (χ2n) is 4.70. The van der Waals surface area contributed by atoms with Crippen molar-refractivity contribution in [3.63, 3.8) is 0 Å². The molecule has 0 unspecified atom stereocenters. The van der Waals surface area contributed by atoms with Gasteiger partial charge in [0.05, 0.1) is 12.7 Å². The van der Waals surface area contributed by atoms with Crippen LogP contribution in [0.5, 0.6) is 0 Å². The maximum Gasteiger partial charge on any atom is 0.337 e. The van der Waals surface area contributed by atoms with Gasteiger partial charge in [0.2, 0.25) is 0 Å². The van der Waals surface area contributed by atoms with Crippen LogP contribution in [-0.2, 0) is 4.74 Å². The van der Waals surface area contributed by atoms with Gasteiger partial charge in [-0.1, -0.05) is 6.07 Å². The zero-order valence-electron chi connectivity index (χ0n) is 11.8. The van der Waals surface area contributed by atoms with E-state index in [9.17, 15) is 9.59 Å². The molecule has 116 valence electrons. The summed E-state index contributed by atoms with van der Waals surface area (Å²) in [6.07, 6.45) is 1.85. The molecule has 0 saturated carbocycles. The van der Waals surface area contributed by atoms with Crippen LogP contribution in [0.2, 0.25) is 0 Å². The number of ether oxygens (including phenoxy) is 1. The van der Waals surface area contributed by atoms with E-state index in [1.807, 2.05) is 0 Å². The number of anilines is 1. The van der Waals surface area contributed by atoms with E-state index in [-0.39, 0.29) is 24.5 Å². The third-order valence-electron chi connectivity index (χ3n) is 3.22. The van der Waals surface area contributed by atoms with Crippen LogP contribution in [0.4, 0.5) is 10.5 Å². The molecule has 6 nitrogen and oxygen atoms in total. The van der Waals surface area contributed by atoms with Crippen LogP contribution in [0.1, 0.15) is 23.2 Å². The average molecular weight is 314 g/mol. The second kappa shape index (κ2) is 8.49. The Kier molecular flexibility index (Phi) is 6.98. The first kappa shape index (κ1) is 17.3. The minimum Gasteiger partial charge on any atom is -0.465 e. The fourth-order valence-electron chi connectivity index (χ4n) is 2.16. The fraction of sp³-hybridized carbons (Fsp3) is 0.429. The Morgan fingerprint density at radius 3 is 2.67 bits per heavy atom. The van der Waals surface area contributed by atoms with E-state index < -0.39 is 5.97 Å². The van der Waals surface area contributed by atoms with Gasteiger partial charge in [0.15, 0.2) is 0 Å². The molecule has 0 aromatic heterocycles. The van der Waals surface area contributed by atoms with Gasteiger partial charge in [0.1, 0.15) is 0 Å². The summed E-state index contributed by atoms with van der Waals surface area (Å²) in [5, 5.41) is 8.90. The van der Waals surface area contributed by atoms with Crippen LogP contribution in [0.3, 0.4) is 0 Å². The van der Waals surface area contributed by atoms with Gasteiger partial charge in [0, 0.05) is 11.7 Å². The molecule has 1 aliphatic heterocycles. The van der Waals surface area contributed by atoms with Crippen LogP contribution in [0.25, 0.3) is 0 Å². The van der Waals surface area contributed by atoms with E-state index >= 15 is 0 Å². The minimum atomic E-state index is -0.424. The minimum absolute atomic E-state index is 0. The summed E-state index contributed by atoms with van der Waals surface area (Å²) in [6.45, 7) is 1.84. The molecular weight excluding hydrogens is 294 g/mol. The zero-order valence-corrected chi connectivity index (χ0v) is 12.7. The summed E-state index contributed by atoms with van der Waals surface area (Å²) in [6, 6.07) is 6.61. The molecule has 1 aromatic rings. The molecule has 0 atom stereocenters. The van der Waals surface area contributed by atoms with E-state index in [2.05, 4.69) is 20.7 Å². The molecule has 2 amide bonds. The molecule has 1 saturated heterocycles. The zero-order chi connectivity index (χ0) is 14.4. The number of rotatable bonds is 3. The molecule has 0 spiro atoms. The van der Waals surface area contributed by atoms with Gasteiger partial charge in [-0.25, -0.2) is 9.59 Å². The maximum atomic E-state index is 11.9. The number of carbonyl (C=O) groups excluding carboxylic acids is 2. The SMILES string of the molecule is COC(=O)c1cccc(NC(=O)NC2CCNCC2)c1.Cl. The Hall–Kier alpha value is -1.79. The molecule has 21 heavy (non-hydrogen) atoms. The number of piperidine rings is 1. The van der Waals surface area contributed by atoms with Crippen molar-refractivity contribution >= 4 is 30.1 Å². The lowest BCUT2D eigenvalue weighted by Gasteiger charge is -2.23. The van der Waals surface area contributed by atoms with Crippen molar-refractivity contribution < 1.29 is 14.3 Å². The number of methoxy groups -OCH3 is 1. The normalized spacial score (nSPS) is 14.7. The Balaban J connectivity index is 0.00000220. The van der Waals surface area contributed by atoms with E-state index in [0.29, 0.717) is 11.3 Å². The second-order valence-corrected chi connectivity index (χ2v) is 4.70. The molecule has 3 N–H and O–H groups in total. The van der Waals surface area contributed by atoms with Crippen LogP contribution in [0, 0.1) is 0 Å². The first-order chi connectivity index (χ1) is 9.69. The molecule has 7 heteroatoms. The fourth-order valence-corrected chi connectivity index (χ4v) is 2.16. The van der Waals surface area contributed by atoms with Crippen LogP contribution >= 0.6 is 12.4 Å². The topological polar surface area (TPSA) is 79.5 Å². The van der Waals surface area contributed by atoms with Crippen molar-refractivity contribution in [1.82, 2.24) is 10.6 Å². The number of carbonyl (C=O) groups is 2. The van der Waals surface area contributed by atoms with Gasteiger partial charge < -0.3 is 20.7 Å². The predicted octanol–water partition coefficient (Wildman–Crippen LogP) is 1.77. The third-order valence-corrected chi connectivity index (χ3v) is 3.22. The maximum absolute atomic E-state index is 11.9. The highest BCUT2D eigenvalue weighted by atomic mass is 35.5. The molecule has 0 aliphatic carbocycles. The molecular formula is C14H20ClN3O3. The summed E-state index contributed by atoms with van der Waals surface area (Å²) in [5.74, 6) is -0.424. The van der Waals surface area contributed by atoms with Gasteiger partial charge in [-0.05, 0) is 44.1 Å². The Labute approximate surface area is 130 Å². The molecule has 2 rings (SSSR count). The predicted molar refractivity (Wildman–Crippen MR) is 83.1 cm³/mol. The molecule has 1 fully saturated rings. The van der Waals surface area contributed by atoms with Crippen molar-refractivity contribution in [1.29, 1.82) is 0 Å². The van der Waals surface area contributed by atoms with Crippen LogP contribution in [-0.4, -0.2) is 38.2 Å². The number of hydrogen-bond donors (Lipinski definition) is 3. The first-order valence-electron chi connectivity index (χ1n) is 6.65. The van der Waals surface area contributed by atoms with E-state index in [4.69, 9.17) is 0 Å². The van der Waals surface area contributed by atoms with Gasteiger partial charge in [-0.3, -0.25) is 0 Å². The number of nitrogens with one attached hydrogen (secondary N) is 3. The van der Waals surface area contributed by atoms with Gasteiger partial charge in [-0.2, -0.15) is 0 Å². The summed E-state index contributed by atoms with van der Waals surface area (Å²) >= 11 is 0. The van der Waals surface area contributed by atoms with E-state index in [1.165, 1.54) is 7.11 Å². The van der Waals surface area contributed by atoms with Gasteiger partial charge in [-0.15, -0.1) is 12.4 Å². The lowest BCUT2D eigenvalue weighted by atomic mass is 10.1. The number of urea groups is 1. The Morgan fingerprint density at radius 2 is 2.00 bits per heavy atom. The summed E-state index contributed by atoms with van der Waals surface area (Å²) in [5.41, 5.74) is 0.978. The number of hydrogen-bond acceptors (Lipinski definition) is 4. The van der Waals surface area contributed by atoms with Gasteiger partial charge >= 0.3 is 12.0 Å². The lowest BCUT2D eigenvalue weighted by molar-refractivity contribution is 0.0600. The Morgan fingerprint density at radius 1 is 1.29 bits per heavy atom. The molecule has 1 heterocycles. The molecule has 0 radical (unpaired) electrons. The number of benzene rings is 1. The van der Waals surface area contributed by atoms with Crippen LogP contribution in [0.15, 0.2) is 24.3 Å². The van der Waals surface area contributed by atoms with Crippen molar-refractivity contribution in [3.05, 3.63) is 29.8 Å². The largest absolute Gasteiger partial charge is 0.465 e. The van der Waals surface area contributed by atoms with Gasteiger partial charge in [0.25, 0.3) is 0 Å². The van der Waals surface area contributed by atoms with E-state index in [0.717, 1.165) is 25.9 Å². The molecule has 1 aromatic carbocycles. The monoisotopic (exact) mass is 313 g/mol. The van der Waals surface area contributed by atoms with Crippen molar-refractivity contribution in [2.24, 2.45) is 0 Å². The highest BCUT2D eigenvalue weighted by molar-refractivity contribution is 5.93. The first-order valence-corrected chi connectivity index (χ1v) is 6.65. The molecule has 0 bridgehead atoms. The van der Waals surface area contributed by atoms with E-state index in [1.54, 1.807) is 24.3 Å². The summed E-state index contributed by atoms with van der Waals surface area (Å²) in [7, 11) is 1.33. The standard InChI is InChI=1S/C14H19N3O3.ClH/c1-20-13(18)10-3-2-4-12(9-10)17-14(19)16-11-5-7-15-8-6-11;/h2-4,9,11,15H,5-8H2,1H3,(H2,16,17,19);1H. The van der Waals surface area contributed by atoms with Crippen molar-refractivity contribution in [3.8, 4) is 0 Å². The van der Waals surface area contributed by atoms with Crippen molar-refractivity contribution in [2.75, 3.05) is 25.5 Å². The smallest absolute Gasteiger partial charge is 0.337 e. The molecule has 1 aliphatic rings. The third kappa shape index (κ3) is 5.24. The number of halogens is 1. The average Bonchev–Trinajstić information content (AvgIpc) is 2.47. The highest BCUT2D eigenvalue weighted by Crippen LogP contribution is 2.12. The number of esters is 1. The Bertz CT molecular complexity index is 490. The number of amides is 2. The van der Waals surface area contributed by atoms with Crippen molar-refractivity contribution in [2.45, 2.75) is 18.9 Å². The van der Waals surface area contributed by atoms with Crippen LogP contribution < -0.4 is 16.0 Å².